The lowest BCUT2D eigenvalue weighted by atomic mass is 10.2. The van der Waals surface area contributed by atoms with Gasteiger partial charge in [-0.1, -0.05) is 5.16 Å². The Balaban J connectivity index is 1.74. The third-order valence-corrected chi connectivity index (χ3v) is 4.18. The second kappa shape index (κ2) is 8.99. The number of carbonyl (C=O) groups is 1. The van der Waals surface area contributed by atoms with Gasteiger partial charge in [0.1, 0.15) is 11.6 Å². The lowest BCUT2D eigenvalue weighted by molar-refractivity contribution is -0.274. The zero-order chi connectivity index (χ0) is 22.6. The molecule has 1 heterocycles. The van der Waals surface area contributed by atoms with E-state index in [1.807, 2.05) is 0 Å². The van der Waals surface area contributed by atoms with Crippen molar-refractivity contribution in [1.82, 2.24) is 10.3 Å². The van der Waals surface area contributed by atoms with Crippen LogP contribution in [-0.4, -0.2) is 33.6 Å². The number of nitrogens with one attached hydrogen (secondary N) is 2. The highest BCUT2D eigenvalue weighted by atomic mass is 79.9. The Morgan fingerprint density at radius 2 is 1.84 bits per heavy atom. The molecule has 1 aromatic heterocycles. The van der Waals surface area contributed by atoms with Crippen LogP contribution in [0.15, 0.2) is 56.7 Å². The zero-order valence-corrected chi connectivity index (χ0v) is 16.5. The van der Waals surface area contributed by atoms with Gasteiger partial charge >= 0.3 is 6.36 Å². The van der Waals surface area contributed by atoms with Gasteiger partial charge in [-0.25, -0.2) is 9.02 Å². The topological polar surface area (TPSA) is 122 Å². The van der Waals surface area contributed by atoms with Crippen LogP contribution in [0.1, 0.15) is 16.1 Å². The number of aromatic nitrogens is 2. The Morgan fingerprint density at radius 3 is 2.45 bits per heavy atom. The Kier molecular flexibility index (Phi) is 6.39. The number of halogens is 5. The van der Waals surface area contributed by atoms with E-state index in [0.29, 0.717) is 5.69 Å². The van der Waals surface area contributed by atoms with Crippen molar-refractivity contribution in [3.63, 3.8) is 0 Å². The van der Waals surface area contributed by atoms with Gasteiger partial charge in [-0.2, -0.15) is 0 Å². The van der Waals surface area contributed by atoms with Crippen LogP contribution < -0.4 is 15.4 Å². The van der Waals surface area contributed by atoms with E-state index < -0.39 is 23.8 Å². The quantitative estimate of drug-likeness (QED) is 0.155. The van der Waals surface area contributed by atoms with Gasteiger partial charge in [-0.3, -0.25) is 4.79 Å². The van der Waals surface area contributed by atoms with Gasteiger partial charge in [-0.15, -0.1) is 13.2 Å². The maximum atomic E-state index is 13.4. The predicted molar refractivity (Wildman–Crippen MR) is 101 cm³/mol. The first-order valence-electron chi connectivity index (χ1n) is 8.10. The fraction of sp³-hybridized carbons (Fsp3) is 0.0588. The average Bonchev–Trinajstić information content (AvgIpc) is 3.16. The number of amidine groups is 1. The molecule has 0 radical (unpaired) electrons. The number of amides is 1. The molecule has 0 atom stereocenters. The largest absolute Gasteiger partial charge is 0.573 e. The highest BCUT2D eigenvalue weighted by Crippen LogP contribution is 2.24. The van der Waals surface area contributed by atoms with Crippen LogP contribution in [-0.2, 0) is 0 Å². The van der Waals surface area contributed by atoms with E-state index in [1.165, 1.54) is 12.1 Å². The van der Waals surface area contributed by atoms with Crippen LogP contribution in [0.4, 0.5) is 29.1 Å². The molecule has 3 aromatic rings. The van der Waals surface area contributed by atoms with Crippen LogP contribution in [0.2, 0.25) is 0 Å². The molecule has 0 spiro atoms. The van der Waals surface area contributed by atoms with E-state index in [0.717, 1.165) is 30.3 Å². The van der Waals surface area contributed by atoms with E-state index in [9.17, 15) is 27.6 Å². The summed E-state index contributed by atoms with van der Waals surface area (Å²) in [6, 6.07) is 7.96. The molecule has 0 aliphatic heterocycles. The van der Waals surface area contributed by atoms with E-state index in [-0.39, 0.29) is 27.4 Å². The van der Waals surface area contributed by atoms with Crippen molar-refractivity contribution in [2.45, 2.75) is 6.36 Å². The number of rotatable bonds is 5. The van der Waals surface area contributed by atoms with Gasteiger partial charge in [0.25, 0.3) is 5.91 Å². The van der Waals surface area contributed by atoms with E-state index in [1.54, 1.807) is 0 Å². The van der Waals surface area contributed by atoms with Gasteiger partial charge < -0.3 is 20.6 Å². The molecule has 0 bridgehead atoms. The molecular weight excluding hydrogens is 494 g/mol. The van der Waals surface area contributed by atoms with Crippen LogP contribution >= 0.6 is 15.9 Å². The van der Waals surface area contributed by atoms with Crippen LogP contribution in [0.3, 0.4) is 0 Å². The van der Waals surface area contributed by atoms with Gasteiger partial charge in [0.2, 0.25) is 11.7 Å². The lowest BCUT2D eigenvalue weighted by Crippen LogP contribution is -2.19. The minimum absolute atomic E-state index is 0.0265. The summed E-state index contributed by atoms with van der Waals surface area (Å²) in [6.45, 7) is 0. The van der Waals surface area contributed by atoms with Crippen molar-refractivity contribution in [1.29, 1.82) is 0 Å². The summed E-state index contributed by atoms with van der Waals surface area (Å²) in [7, 11) is 0. The fourth-order valence-electron chi connectivity index (χ4n) is 2.26. The number of hydrogen-bond acceptors (Lipinski definition) is 7. The van der Waals surface area contributed by atoms with Crippen molar-refractivity contribution in [2.75, 3.05) is 10.6 Å². The number of hydrogen-bond donors (Lipinski definition) is 3. The van der Waals surface area contributed by atoms with Crippen LogP contribution in [0.25, 0.3) is 0 Å². The number of oxime groups is 1. The van der Waals surface area contributed by atoms with Crippen LogP contribution in [0.5, 0.6) is 5.75 Å². The maximum absolute atomic E-state index is 13.4. The Morgan fingerprint density at radius 1 is 1.13 bits per heavy atom. The molecule has 0 unspecified atom stereocenters. The lowest BCUT2D eigenvalue weighted by Gasteiger charge is -2.09. The molecule has 0 aliphatic rings. The highest BCUT2D eigenvalue weighted by Gasteiger charge is 2.31. The van der Waals surface area contributed by atoms with Gasteiger partial charge in [0, 0.05) is 11.3 Å². The normalized spacial score (nSPS) is 11.8. The molecule has 2 aromatic carbocycles. The van der Waals surface area contributed by atoms with Crippen molar-refractivity contribution in [2.24, 2.45) is 5.16 Å². The molecule has 0 saturated carbocycles. The third kappa shape index (κ3) is 5.69. The number of anilines is 2. The summed E-state index contributed by atoms with van der Waals surface area (Å²) in [5, 5.41) is 24.3. The molecule has 14 heteroatoms. The SMILES string of the molecule is O=C(Nc1nonc1/C(=N/O)Nc1ccc(F)c(Br)c1)c1ccc(OC(F)(F)F)cc1. The van der Waals surface area contributed by atoms with Crippen molar-refractivity contribution in [3.05, 3.63) is 64.0 Å². The summed E-state index contributed by atoms with van der Waals surface area (Å²) in [6.07, 6.45) is -4.86. The minimum atomic E-state index is -4.86. The fourth-order valence-corrected chi connectivity index (χ4v) is 2.63. The monoisotopic (exact) mass is 503 g/mol. The van der Waals surface area contributed by atoms with Gasteiger partial charge in [0.15, 0.2) is 5.69 Å². The summed E-state index contributed by atoms with van der Waals surface area (Å²) >= 11 is 3.01. The van der Waals surface area contributed by atoms with E-state index >= 15 is 0 Å². The van der Waals surface area contributed by atoms with Crippen molar-refractivity contribution < 1.29 is 36.9 Å². The minimum Gasteiger partial charge on any atom is -0.409 e. The third-order valence-electron chi connectivity index (χ3n) is 3.58. The zero-order valence-electron chi connectivity index (χ0n) is 14.9. The number of benzene rings is 2. The molecule has 0 fully saturated rings. The number of alkyl halides is 3. The van der Waals surface area contributed by atoms with Crippen molar-refractivity contribution >= 4 is 39.2 Å². The first-order valence-corrected chi connectivity index (χ1v) is 8.90. The molecule has 3 rings (SSSR count). The predicted octanol–water partition coefficient (Wildman–Crippen LogP) is 4.37. The average molecular weight is 504 g/mol. The summed E-state index contributed by atoms with van der Waals surface area (Å²) in [4.78, 5) is 12.4. The molecule has 0 saturated heterocycles. The Labute approximate surface area is 178 Å². The molecule has 0 aliphatic carbocycles. The molecule has 31 heavy (non-hydrogen) atoms. The second-order valence-corrected chi connectivity index (χ2v) is 6.54. The maximum Gasteiger partial charge on any atom is 0.573 e. The van der Waals surface area contributed by atoms with Crippen LogP contribution in [0, 0.1) is 5.82 Å². The highest BCUT2D eigenvalue weighted by molar-refractivity contribution is 9.10. The molecule has 3 N–H and O–H groups in total. The summed E-state index contributed by atoms with van der Waals surface area (Å²) < 4.78 is 58.4. The standard InChI is InChI=1S/C17H10BrF4N5O4/c18-11-7-9(3-6-12(11)19)23-14(25-29)13-15(27-31-26-13)24-16(28)8-1-4-10(5-2-8)30-17(20,21)22/h1-7,29H,(H,23,25)(H,24,27,28). The van der Waals surface area contributed by atoms with Crippen molar-refractivity contribution in [3.8, 4) is 5.75 Å². The van der Waals surface area contributed by atoms with Gasteiger partial charge in [-0.05, 0) is 68.7 Å². The molecular formula is C17H10BrF4N5O4. The van der Waals surface area contributed by atoms with Gasteiger partial charge in [0.05, 0.1) is 4.47 Å². The number of carbonyl (C=O) groups excluding carboxylic acids is 1. The molecule has 162 valence electrons. The van der Waals surface area contributed by atoms with E-state index in [2.05, 4.69) is 51.4 Å². The number of nitrogens with zero attached hydrogens (tertiary/aromatic N) is 3. The Hall–Kier alpha value is -3.68. The summed E-state index contributed by atoms with van der Waals surface area (Å²) in [5.41, 5.74) is 0.0799. The number of ether oxygens (including phenoxy) is 1. The first-order chi connectivity index (χ1) is 14.7. The first kappa shape index (κ1) is 22.0. The summed E-state index contributed by atoms with van der Waals surface area (Å²) in [5.74, 6) is -2.32. The smallest absolute Gasteiger partial charge is 0.409 e. The molecule has 1 amide bonds. The van der Waals surface area contributed by atoms with E-state index in [4.69, 9.17) is 0 Å². The second-order valence-electron chi connectivity index (χ2n) is 5.69. The molecule has 9 nitrogen and oxygen atoms in total. The Bertz CT molecular complexity index is 1120.